The molecule has 0 aliphatic heterocycles. The van der Waals surface area contributed by atoms with Gasteiger partial charge < -0.3 is 4.57 Å². The van der Waals surface area contributed by atoms with Crippen molar-refractivity contribution in [3.8, 4) is 39.6 Å². The fourth-order valence-corrected chi connectivity index (χ4v) is 7.44. The van der Waals surface area contributed by atoms with Crippen molar-refractivity contribution in [2.24, 2.45) is 0 Å². The fraction of sp³-hybridized carbons (Fsp3) is 0. The van der Waals surface area contributed by atoms with Crippen LogP contribution in [0.4, 0.5) is 0 Å². The lowest BCUT2D eigenvalue weighted by molar-refractivity contribution is 1.17. The molecule has 2 aromatic heterocycles. The number of nitrogens with zero attached hydrogens (tertiary/aromatic N) is 3. The third kappa shape index (κ3) is 4.51. The first-order valence-electron chi connectivity index (χ1n) is 16.7. The highest BCUT2D eigenvalue weighted by Gasteiger charge is 2.18. The van der Waals surface area contributed by atoms with Crippen molar-refractivity contribution >= 4 is 54.1 Å². The standard InChI is InChI=1S/C46H29N3/c1-2-14-33(15-3-1)40-29-41(48-46(47-40)36-22-21-30-11-4-5-16-34(30)27-36)35-17-10-18-37(28-35)49-42-25-23-31-12-6-8-19-38(31)44(42)45-39-20-9-7-13-32(39)24-26-43(45)49/h1-29H. The van der Waals surface area contributed by atoms with E-state index in [1.54, 1.807) is 0 Å². The van der Waals surface area contributed by atoms with Crippen molar-refractivity contribution in [2.45, 2.75) is 0 Å². The molecule has 3 heteroatoms. The van der Waals surface area contributed by atoms with Gasteiger partial charge in [-0.1, -0.05) is 140 Å². The molecule has 0 saturated heterocycles. The summed E-state index contributed by atoms with van der Waals surface area (Å²) in [7, 11) is 0. The van der Waals surface area contributed by atoms with Gasteiger partial charge in [-0.25, -0.2) is 9.97 Å². The van der Waals surface area contributed by atoms with Crippen LogP contribution in [0, 0.1) is 0 Å². The molecule has 0 saturated carbocycles. The molecule has 0 aliphatic carbocycles. The van der Waals surface area contributed by atoms with Gasteiger partial charge in [0, 0.05) is 33.2 Å². The van der Waals surface area contributed by atoms with E-state index < -0.39 is 0 Å². The summed E-state index contributed by atoms with van der Waals surface area (Å²) in [6, 6.07) is 62.6. The summed E-state index contributed by atoms with van der Waals surface area (Å²) in [5.41, 5.74) is 8.34. The largest absolute Gasteiger partial charge is 0.309 e. The van der Waals surface area contributed by atoms with Gasteiger partial charge in [-0.3, -0.25) is 0 Å². The molecule has 0 unspecified atom stereocenters. The Kier molecular flexibility index (Phi) is 6.18. The van der Waals surface area contributed by atoms with E-state index in [1.807, 2.05) is 6.07 Å². The molecule has 8 aromatic carbocycles. The van der Waals surface area contributed by atoms with Gasteiger partial charge in [-0.05, 0) is 68.7 Å². The summed E-state index contributed by atoms with van der Waals surface area (Å²) in [6.45, 7) is 0. The van der Waals surface area contributed by atoms with E-state index in [4.69, 9.17) is 9.97 Å². The summed E-state index contributed by atoms with van der Waals surface area (Å²) in [5.74, 6) is 0.710. The second-order valence-electron chi connectivity index (χ2n) is 12.6. The number of aromatic nitrogens is 3. The highest BCUT2D eigenvalue weighted by atomic mass is 15.0. The normalized spacial score (nSPS) is 11.7. The molecule has 49 heavy (non-hydrogen) atoms. The van der Waals surface area contributed by atoms with Crippen LogP contribution in [0.1, 0.15) is 0 Å². The molecule has 0 fully saturated rings. The topological polar surface area (TPSA) is 30.7 Å². The SMILES string of the molecule is c1ccc(-c2cc(-c3cccc(-n4c5ccc6ccccc6c5c5c6ccccc6ccc54)c3)nc(-c3ccc4ccccc4c3)n2)cc1. The molecule has 0 atom stereocenters. The van der Waals surface area contributed by atoms with E-state index in [9.17, 15) is 0 Å². The Morgan fingerprint density at radius 1 is 0.347 bits per heavy atom. The highest BCUT2D eigenvalue weighted by Crippen LogP contribution is 2.41. The van der Waals surface area contributed by atoms with Crippen LogP contribution in [0.15, 0.2) is 176 Å². The molecule has 0 radical (unpaired) electrons. The van der Waals surface area contributed by atoms with Crippen molar-refractivity contribution in [3.05, 3.63) is 176 Å². The maximum Gasteiger partial charge on any atom is 0.160 e. The van der Waals surface area contributed by atoms with E-state index in [0.717, 1.165) is 33.8 Å². The summed E-state index contributed by atoms with van der Waals surface area (Å²) in [5, 5.41) is 9.94. The van der Waals surface area contributed by atoms with Crippen LogP contribution in [0.3, 0.4) is 0 Å². The quantitative estimate of drug-likeness (QED) is 0.195. The number of benzene rings is 8. The van der Waals surface area contributed by atoms with Crippen molar-refractivity contribution in [3.63, 3.8) is 0 Å². The molecule has 10 aromatic rings. The summed E-state index contributed by atoms with van der Waals surface area (Å²) in [4.78, 5) is 10.3. The number of fused-ring (bicyclic) bond motifs is 8. The summed E-state index contributed by atoms with van der Waals surface area (Å²) < 4.78 is 2.41. The predicted molar refractivity (Wildman–Crippen MR) is 205 cm³/mol. The average molecular weight is 624 g/mol. The van der Waals surface area contributed by atoms with Gasteiger partial charge >= 0.3 is 0 Å². The lowest BCUT2D eigenvalue weighted by Crippen LogP contribution is -1.98. The molecular weight excluding hydrogens is 595 g/mol. The molecular formula is C46H29N3. The lowest BCUT2D eigenvalue weighted by Gasteiger charge is -2.13. The van der Waals surface area contributed by atoms with Crippen molar-refractivity contribution in [1.29, 1.82) is 0 Å². The predicted octanol–water partition coefficient (Wildman–Crippen LogP) is 12.0. The highest BCUT2D eigenvalue weighted by molar-refractivity contribution is 6.28. The van der Waals surface area contributed by atoms with E-state index in [2.05, 4.69) is 174 Å². The van der Waals surface area contributed by atoms with Crippen LogP contribution in [0.2, 0.25) is 0 Å². The zero-order valence-corrected chi connectivity index (χ0v) is 26.6. The second-order valence-corrected chi connectivity index (χ2v) is 12.6. The van der Waals surface area contributed by atoms with Gasteiger partial charge in [-0.15, -0.1) is 0 Å². The van der Waals surface area contributed by atoms with E-state index in [1.165, 1.54) is 54.1 Å². The molecule has 10 rings (SSSR count). The maximum atomic E-state index is 5.21. The number of hydrogen-bond acceptors (Lipinski definition) is 2. The van der Waals surface area contributed by atoms with E-state index in [-0.39, 0.29) is 0 Å². The Morgan fingerprint density at radius 3 is 1.59 bits per heavy atom. The maximum absolute atomic E-state index is 5.21. The number of hydrogen-bond donors (Lipinski definition) is 0. The molecule has 0 bridgehead atoms. The summed E-state index contributed by atoms with van der Waals surface area (Å²) >= 11 is 0. The molecule has 0 amide bonds. The molecule has 0 spiro atoms. The third-order valence-electron chi connectivity index (χ3n) is 9.75. The van der Waals surface area contributed by atoms with Crippen LogP contribution in [0.25, 0.3) is 93.7 Å². The van der Waals surface area contributed by atoms with Gasteiger partial charge in [0.1, 0.15) is 0 Å². The Bertz CT molecular complexity index is 2790. The van der Waals surface area contributed by atoms with Crippen LogP contribution < -0.4 is 0 Å². The molecule has 2 heterocycles. The number of rotatable bonds is 4. The molecule has 0 aliphatic rings. The zero-order chi connectivity index (χ0) is 32.3. The van der Waals surface area contributed by atoms with Crippen molar-refractivity contribution < 1.29 is 0 Å². The molecule has 0 N–H and O–H groups in total. The minimum Gasteiger partial charge on any atom is -0.309 e. The van der Waals surface area contributed by atoms with Gasteiger partial charge in [0.2, 0.25) is 0 Å². The first-order chi connectivity index (χ1) is 24.3. The van der Waals surface area contributed by atoms with Gasteiger partial charge in [-0.2, -0.15) is 0 Å². The van der Waals surface area contributed by atoms with Crippen LogP contribution >= 0.6 is 0 Å². The summed E-state index contributed by atoms with van der Waals surface area (Å²) in [6.07, 6.45) is 0. The minimum atomic E-state index is 0.710. The van der Waals surface area contributed by atoms with Gasteiger partial charge in [0.25, 0.3) is 0 Å². The van der Waals surface area contributed by atoms with Gasteiger partial charge in [0.05, 0.1) is 22.4 Å². The monoisotopic (exact) mass is 623 g/mol. The van der Waals surface area contributed by atoms with Crippen molar-refractivity contribution in [1.82, 2.24) is 14.5 Å². The molecule has 228 valence electrons. The average Bonchev–Trinajstić information content (AvgIpc) is 3.53. The van der Waals surface area contributed by atoms with Crippen molar-refractivity contribution in [2.75, 3.05) is 0 Å². The Hall–Kier alpha value is -6.58. The van der Waals surface area contributed by atoms with Crippen LogP contribution in [-0.2, 0) is 0 Å². The van der Waals surface area contributed by atoms with E-state index >= 15 is 0 Å². The Labute approximate surface area is 283 Å². The lowest BCUT2D eigenvalue weighted by atomic mass is 10.00. The first kappa shape index (κ1) is 27.5. The minimum absolute atomic E-state index is 0.710. The molecule has 3 nitrogen and oxygen atoms in total. The Balaban J connectivity index is 1.21. The van der Waals surface area contributed by atoms with Crippen LogP contribution in [-0.4, -0.2) is 14.5 Å². The first-order valence-corrected chi connectivity index (χ1v) is 16.7. The fourth-order valence-electron chi connectivity index (χ4n) is 7.44. The zero-order valence-electron chi connectivity index (χ0n) is 26.6. The Morgan fingerprint density at radius 2 is 0.898 bits per heavy atom. The smallest absolute Gasteiger partial charge is 0.160 e. The third-order valence-corrected chi connectivity index (χ3v) is 9.75. The van der Waals surface area contributed by atoms with Gasteiger partial charge in [0.15, 0.2) is 5.82 Å². The van der Waals surface area contributed by atoms with Crippen LogP contribution in [0.5, 0.6) is 0 Å². The second kappa shape index (κ2) is 11.0. The van der Waals surface area contributed by atoms with E-state index in [0.29, 0.717) is 5.82 Å².